The molecule has 5 nitrogen and oxygen atoms in total. The smallest absolute Gasteiger partial charge is 0.224 e. The second-order valence-corrected chi connectivity index (χ2v) is 6.21. The van der Waals surface area contributed by atoms with E-state index < -0.39 is 0 Å². The van der Waals surface area contributed by atoms with E-state index in [0.29, 0.717) is 10.8 Å². The van der Waals surface area contributed by atoms with Crippen LogP contribution in [0.5, 0.6) is 0 Å². The number of hydrogen-bond acceptors (Lipinski definition) is 5. The maximum atomic E-state index is 6.08. The van der Waals surface area contributed by atoms with Gasteiger partial charge in [-0.3, -0.25) is 0 Å². The van der Waals surface area contributed by atoms with E-state index in [-0.39, 0.29) is 5.28 Å². The van der Waals surface area contributed by atoms with Gasteiger partial charge in [-0.1, -0.05) is 29.8 Å². The summed E-state index contributed by atoms with van der Waals surface area (Å²) in [4.78, 5) is 7.92. The molecule has 0 saturated carbocycles. The van der Waals surface area contributed by atoms with Crippen LogP contribution in [0.15, 0.2) is 54.7 Å². The quantitative estimate of drug-likeness (QED) is 0.428. The Balaban J connectivity index is 1.62. The van der Waals surface area contributed by atoms with Crippen LogP contribution in [0.1, 0.15) is 5.56 Å². The average Bonchev–Trinajstić information content (AvgIpc) is 2.59. The van der Waals surface area contributed by atoms with Crippen molar-refractivity contribution < 1.29 is 0 Å². The van der Waals surface area contributed by atoms with Gasteiger partial charge in [0.05, 0.1) is 6.20 Å². The fourth-order valence-electron chi connectivity index (χ4n) is 2.38. The highest BCUT2D eigenvalue weighted by atomic mass is 35.5. The molecule has 0 unspecified atom stereocenters. The minimum absolute atomic E-state index is 0.142. The van der Waals surface area contributed by atoms with E-state index in [9.17, 15) is 0 Å². The molecule has 0 aliphatic heterocycles. The molecule has 1 heterocycles. The molecule has 0 spiro atoms. The van der Waals surface area contributed by atoms with E-state index in [0.717, 1.165) is 30.0 Å². The molecule has 0 aliphatic carbocycles. The summed E-state index contributed by atoms with van der Waals surface area (Å²) < 4.78 is 0. The first-order valence-corrected chi connectivity index (χ1v) is 8.49. The highest BCUT2D eigenvalue weighted by molar-refractivity contribution is 6.33. The zero-order valence-corrected chi connectivity index (χ0v) is 14.8. The molecule has 1 aromatic heterocycles. The second kappa shape index (κ2) is 8.05. The summed E-state index contributed by atoms with van der Waals surface area (Å²) >= 11 is 11.9. The van der Waals surface area contributed by atoms with Gasteiger partial charge in [-0.05, 0) is 53.9 Å². The van der Waals surface area contributed by atoms with Crippen LogP contribution >= 0.6 is 23.2 Å². The summed E-state index contributed by atoms with van der Waals surface area (Å²) in [7, 11) is 0. The fraction of sp³-hybridized carbons (Fsp3) is 0.111. The number of halogens is 2. The lowest BCUT2D eigenvalue weighted by Crippen LogP contribution is -2.05. The lowest BCUT2D eigenvalue weighted by Gasteiger charge is -2.11. The Labute approximate surface area is 156 Å². The van der Waals surface area contributed by atoms with Crippen molar-refractivity contribution in [3.05, 3.63) is 70.6 Å². The van der Waals surface area contributed by atoms with Gasteiger partial charge in [0.2, 0.25) is 5.28 Å². The van der Waals surface area contributed by atoms with Gasteiger partial charge in [-0.25, -0.2) is 4.98 Å². The molecule has 3 rings (SSSR count). The molecule has 0 aliphatic rings. The topological polar surface area (TPSA) is 75.9 Å². The molecule has 0 atom stereocenters. The van der Waals surface area contributed by atoms with Crippen LogP contribution in [0.4, 0.5) is 22.9 Å². The Morgan fingerprint density at radius 3 is 2.64 bits per heavy atom. The largest absolute Gasteiger partial charge is 0.399 e. The van der Waals surface area contributed by atoms with Gasteiger partial charge in [0.1, 0.15) is 5.02 Å². The highest BCUT2D eigenvalue weighted by Gasteiger charge is 2.05. The summed E-state index contributed by atoms with van der Waals surface area (Å²) in [6.45, 7) is 0.799. The maximum Gasteiger partial charge on any atom is 0.224 e. The van der Waals surface area contributed by atoms with Crippen molar-refractivity contribution >= 4 is 46.1 Å². The van der Waals surface area contributed by atoms with E-state index in [1.165, 1.54) is 11.8 Å². The third-order valence-corrected chi connectivity index (χ3v) is 3.99. The lowest BCUT2D eigenvalue weighted by molar-refractivity contribution is 1.02. The Kier molecular flexibility index (Phi) is 5.58. The molecule has 2 aromatic carbocycles. The van der Waals surface area contributed by atoms with Crippen molar-refractivity contribution in [3.63, 3.8) is 0 Å². The van der Waals surface area contributed by atoms with E-state index in [1.54, 1.807) is 0 Å². The number of nitrogens with two attached hydrogens (primary N) is 1. The van der Waals surface area contributed by atoms with Crippen LogP contribution in [0.2, 0.25) is 10.3 Å². The third kappa shape index (κ3) is 4.98. The number of nitrogens with zero attached hydrogens (tertiary/aromatic N) is 2. The summed E-state index contributed by atoms with van der Waals surface area (Å²) in [6, 6.07) is 15.8. The Morgan fingerprint density at radius 2 is 1.80 bits per heavy atom. The molecule has 25 heavy (non-hydrogen) atoms. The molecule has 4 N–H and O–H groups in total. The van der Waals surface area contributed by atoms with Crippen molar-refractivity contribution in [2.75, 3.05) is 22.9 Å². The summed E-state index contributed by atoms with van der Waals surface area (Å²) in [5.41, 5.74) is 9.62. The standard InChI is InChI=1S/C18H17Cl2N5/c19-16-11-23-18(20)25-17(16)24-15-6-2-5-14(10-15)22-8-7-12-3-1-4-13(21)9-12/h1-6,9-11,22H,7-8,21H2,(H,23,24,25). The molecular weight excluding hydrogens is 357 g/mol. The highest BCUT2D eigenvalue weighted by Crippen LogP contribution is 2.25. The maximum absolute atomic E-state index is 6.08. The van der Waals surface area contributed by atoms with Gasteiger partial charge in [0, 0.05) is 23.6 Å². The van der Waals surface area contributed by atoms with Gasteiger partial charge in [0.15, 0.2) is 5.82 Å². The predicted octanol–water partition coefficient (Wildman–Crippen LogP) is 4.76. The van der Waals surface area contributed by atoms with Crippen LogP contribution < -0.4 is 16.4 Å². The predicted molar refractivity (Wildman–Crippen MR) is 105 cm³/mol. The SMILES string of the molecule is Nc1cccc(CCNc2cccc(Nc3nc(Cl)ncc3Cl)c2)c1. The normalized spacial score (nSPS) is 10.5. The number of nitrogen functional groups attached to an aromatic ring is 1. The Bertz CT molecular complexity index is 870. The molecule has 0 fully saturated rings. The van der Waals surface area contributed by atoms with Crippen LogP contribution in [0, 0.1) is 0 Å². The lowest BCUT2D eigenvalue weighted by atomic mass is 10.1. The number of aromatic nitrogens is 2. The molecule has 0 radical (unpaired) electrons. The molecule has 7 heteroatoms. The first-order chi connectivity index (χ1) is 12.1. The summed E-state index contributed by atoms with van der Waals surface area (Å²) in [6.07, 6.45) is 2.35. The van der Waals surface area contributed by atoms with Gasteiger partial charge in [0.25, 0.3) is 0 Å². The molecule has 0 saturated heterocycles. The first kappa shape index (κ1) is 17.3. The van der Waals surface area contributed by atoms with E-state index >= 15 is 0 Å². The minimum Gasteiger partial charge on any atom is -0.399 e. The van der Waals surface area contributed by atoms with Gasteiger partial charge >= 0.3 is 0 Å². The second-order valence-electron chi connectivity index (χ2n) is 5.46. The van der Waals surface area contributed by atoms with E-state index in [1.807, 2.05) is 42.5 Å². The minimum atomic E-state index is 0.142. The van der Waals surface area contributed by atoms with Crippen LogP contribution in [0.25, 0.3) is 0 Å². The van der Waals surface area contributed by atoms with Crippen molar-refractivity contribution in [2.45, 2.75) is 6.42 Å². The zero-order valence-electron chi connectivity index (χ0n) is 13.3. The molecular formula is C18H17Cl2N5. The zero-order chi connectivity index (χ0) is 17.6. The van der Waals surface area contributed by atoms with Gasteiger partial charge < -0.3 is 16.4 Å². The van der Waals surface area contributed by atoms with Gasteiger partial charge in [-0.2, -0.15) is 4.98 Å². The molecule has 0 bridgehead atoms. The Hall–Kier alpha value is -2.50. The van der Waals surface area contributed by atoms with E-state index in [2.05, 4.69) is 26.7 Å². The van der Waals surface area contributed by atoms with E-state index in [4.69, 9.17) is 28.9 Å². The molecule has 3 aromatic rings. The number of rotatable bonds is 6. The molecule has 128 valence electrons. The summed E-state index contributed by atoms with van der Waals surface area (Å²) in [5.74, 6) is 0.471. The van der Waals surface area contributed by atoms with Crippen LogP contribution in [0.3, 0.4) is 0 Å². The van der Waals surface area contributed by atoms with Gasteiger partial charge in [-0.15, -0.1) is 0 Å². The van der Waals surface area contributed by atoms with Crippen molar-refractivity contribution in [2.24, 2.45) is 0 Å². The number of nitrogens with one attached hydrogen (secondary N) is 2. The number of hydrogen-bond donors (Lipinski definition) is 3. The fourth-order valence-corrected chi connectivity index (χ4v) is 2.65. The van der Waals surface area contributed by atoms with Crippen molar-refractivity contribution in [1.82, 2.24) is 9.97 Å². The summed E-state index contributed by atoms with van der Waals surface area (Å²) in [5, 5.41) is 7.09. The van der Waals surface area contributed by atoms with Crippen molar-refractivity contribution in [3.8, 4) is 0 Å². The third-order valence-electron chi connectivity index (χ3n) is 3.53. The molecule has 0 amide bonds. The first-order valence-electron chi connectivity index (χ1n) is 7.73. The van der Waals surface area contributed by atoms with Crippen molar-refractivity contribution in [1.29, 1.82) is 0 Å². The average molecular weight is 374 g/mol. The number of anilines is 4. The number of benzene rings is 2. The van der Waals surface area contributed by atoms with Crippen LogP contribution in [-0.2, 0) is 6.42 Å². The monoisotopic (exact) mass is 373 g/mol. The van der Waals surface area contributed by atoms with Crippen LogP contribution in [-0.4, -0.2) is 16.5 Å². The Morgan fingerprint density at radius 1 is 1.00 bits per heavy atom.